The van der Waals surface area contributed by atoms with Gasteiger partial charge in [0.15, 0.2) is 11.5 Å². The zero-order chi connectivity index (χ0) is 24.0. The normalized spacial score (nSPS) is 11.2. The van der Waals surface area contributed by atoms with Crippen LogP contribution < -0.4 is 9.47 Å². The van der Waals surface area contributed by atoms with Gasteiger partial charge >= 0.3 is 11.9 Å². The fraction of sp³-hybridized carbons (Fsp3) is 0.310. The van der Waals surface area contributed by atoms with Crippen LogP contribution >= 0.6 is 0 Å². The summed E-state index contributed by atoms with van der Waals surface area (Å²) < 4.78 is 11.9. The highest BCUT2D eigenvalue weighted by Gasteiger charge is 2.28. The van der Waals surface area contributed by atoms with Gasteiger partial charge < -0.3 is 9.47 Å². The SMILES string of the molecule is CCCCc1c(C(C)(C)C)cc(C)c(OC(=O)c2ccccc2)c1OC(=O)c1ccccc1. The smallest absolute Gasteiger partial charge is 0.343 e. The summed E-state index contributed by atoms with van der Waals surface area (Å²) in [5.74, 6) is -0.324. The Labute approximate surface area is 196 Å². The van der Waals surface area contributed by atoms with Crippen LogP contribution in [0, 0.1) is 6.92 Å². The van der Waals surface area contributed by atoms with Crippen molar-refractivity contribution in [1.82, 2.24) is 0 Å². The number of aryl methyl sites for hydroxylation is 1. The molecule has 0 aliphatic carbocycles. The second-order valence-electron chi connectivity index (χ2n) is 9.24. The highest BCUT2D eigenvalue weighted by atomic mass is 16.6. The molecule has 0 N–H and O–H groups in total. The summed E-state index contributed by atoms with van der Waals surface area (Å²) >= 11 is 0. The molecule has 3 aromatic carbocycles. The van der Waals surface area contributed by atoms with Crippen LogP contribution in [0.3, 0.4) is 0 Å². The predicted molar refractivity (Wildman–Crippen MR) is 131 cm³/mol. The lowest BCUT2D eigenvalue weighted by molar-refractivity contribution is 0.0679. The lowest BCUT2D eigenvalue weighted by Gasteiger charge is -2.27. The van der Waals surface area contributed by atoms with Gasteiger partial charge in [0.25, 0.3) is 0 Å². The molecule has 0 amide bonds. The molecule has 172 valence electrons. The molecule has 0 atom stereocenters. The largest absolute Gasteiger partial charge is 0.419 e. The molecule has 0 unspecified atom stereocenters. The molecule has 3 rings (SSSR count). The molecule has 3 aromatic rings. The van der Waals surface area contributed by atoms with Crippen LogP contribution in [0.15, 0.2) is 66.7 Å². The summed E-state index contributed by atoms with van der Waals surface area (Å²) in [5.41, 5.74) is 3.45. The minimum absolute atomic E-state index is 0.177. The third-order valence-corrected chi connectivity index (χ3v) is 5.52. The van der Waals surface area contributed by atoms with Crippen LogP contribution in [-0.4, -0.2) is 11.9 Å². The standard InChI is InChI=1S/C29H32O4/c1-6-7-18-23-24(29(3,4)5)19-20(2)25(32-27(30)21-14-10-8-11-15-21)26(23)33-28(31)22-16-12-9-13-17-22/h8-17,19H,6-7,18H2,1-5H3. The van der Waals surface area contributed by atoms with Crippen molar-refractivity contribution in [3.63, 3.8) is 0 Å². The third kappa shape index (κ3) is 5.89. The van der Waals surface area contributed by atoms with Gasteiger partial charge in [0.2, 0.25) is 0 Å². The predicted octanol–water partition coefficient (Wildman–Crippen LogP) is 7.07. The van der Waals surface area contributed by atoms with E-state index >= 15 is 0 Å². The number of benzene rings is 3. The van der Waals surface area contributed by atoms with Gasteiger partial charge in [-0.3, -0.25) is 0 Å². The molecule has 0 aliphatic rings. The van der Waals surface area contributed by atoms with Crippen LogP contribution in [0.5, 0.6) is 11.5 Å². The zero-order valence-electron chi connectivity index (χ0n) is 20.1. The molecular formula is C29H32O4. The molecule has 33 heavy (non-hydrogen) atoms. The van der Waals surface area contributed by atoms with Crippen molar-refractivity contribution in [2.45, 2.75) is 59.3 Å². The number of hydrogen-bond acceptors (Lipinski definition) is 4. The summed E-state index contributed by atoms with van der Waals surface area (Å²) in [6, 6.07) is 19.7. The molecule has 0 bridgehead atoms. The van der Waals surface area contributed by atoms with Crippen molar-refractivity contribution in [1.29, 1.82) is 0 Å². The summed E-state index contributed by atoms with van der Waals surface area (Å²) in [5, 5.41) is 0. The molecule has 0 fully saturated rings. The number of hydrogen-bond donors (Lipinski definition) is 0. The molecule has 4 nitrogen and oxygen atoms in total. The van der Waals surface area contributed by atoms with Crippen LogP contribution in [-0.2, 0) is 11.8 Å². The second kappa shape index (κ2) is 10.5. The second-order valence-corrected chi connectivity index (χ2v) is 9.24. The van der Waals surface area contributed by atoms with Gasteiger partial charge in [-0.2, -0.15) is 0 Å². The fourth-order valence-corrected chi connectivity index (χ4v) is 3.77. The van der Waals surface area contributed by atoms with E-state index in [1.54, 1.807) is 48.5 Å². The van der Waals surface area contributed by atoms with Gasteiger partial charge in [-0.1, -0.05) is 76.6 Å². The van der Waals surface area contributed by atoms with Gasteiger partial charge in [-0.15, -0.1) is 0 Å². The Morgan fingerprint density at radius 3 is 1.73 bits per heavy atom. The maximum Gasteiger partial charge on any atom is 0.343 e. The van der Waals surface area contributed by atoms with Gasteiger partial charge in [0.1, 0.15) is 0 Å². The minimum Gasteiger partial charge on any atom is -0.419 e. The van der Waals surface area contributed by atoms with Gasteiger partial charge in [-0.25, -0.2) is 9.59 Å². The van der Waals surface area contributed by atoms with E-state index in [1.807, 2.05) is 19.1 Å². The van der Waals surface area contributed by atoms with E-state index in [2.05, 4.69) is 33.8 Å². The maximum atomic E-state index is 13.1. The monoisotopic (exact) mass is 444 g/mol. The quantitative estimate of drug-likeness (QED) is 0.289. The van der Waals surface area contributed by atoms with Crippen molar-refractivity contribution in [3.8, 4) is 11.5 Å². The Kier molecular flexibility index (Phi) is 7.70. The summed E-state index contributed by atoms with van der Waals surface area (Å²) in [4.78, 5) is 26.0. The lowest BCUT2D eigenvalue weighted by Crippen LogP contribution is -2.20. The summed E-state index contributed by atoms with van der Waals surface area (Å²) in [6.45, 7) is 10.4. The van der Waals surface area contributed by atoms with E-state index in [-0.39, 0.29) is 5.41 Å². The van der Waals surface area contributed by atoms with E-state index in [4.69, 9.17) is 9.47 Å². The topological polar surface area (TPSA) is 52.6 Å². The van der Waals surface area contributed by atoms with E-state index in [0.717, 1.165) is 36.0 Å². The Hall–Kier alpha value is -3.40. The molecule has 0 aromatic heterocycles. The van der Waals surface area contributed by atoms with Crippen LogP contribution in [0.1, 0.15) is 77.9 Å². The number of rotatable bonds is 7. The zero-order valence-corrected chi connectivity index (χ0v) is 20.1. The van der Waals surface area contributed by atoms with Gasteiger partial charge in [0, 0.05) is 5.56 Å². The van der Waals surface area contributed by atoms with E-state index < -0.39 is 11.9 Å². The number of carbonyl (C=O) groups is 2. The Morgan fingerprint density at radius 2 is 1.27 bits per heavy atom. The maximum absolute atomic E-state index is 13.1. The molecule has 4 heteroatoms. The van der Waals surface area contributed by atoms with Crippen LogP contribution in [0.25, 0.3) is 0 Å². The average Bonchev–Trinajstić information content (AvgIpc) is 2.80. The molecule has 0 saturated heterocycles. The molecule has 0 saturated carbocycles. The Bertz CT molecular complexity index is 1110. The van der Waals surface area contributed by atoms with Crippen LogP contribution in [0.2, 0.25) is 0 Å². The van der Waals surface area contributed by atoms with E-state index in [9.17, 15) is 9.59 Å². The van der Waals surface area contributed by atoms with Crippen molar-refractivity contribution in [2.75, 3.05) is 0 Å². The van der Waals surface area contributed by atoms with E-state index in [0.29, 0.717) is 22.6 Å². The first-order chi connectivity index (χ1) is 15.7. The summed E-state index contributed by atoms with van der Waals surface area (Å²) in [7, 11) is 0. The van der Waals surface area contributed by atoms with Crippen molar-refractivity contribution < 1.29 is 19.1 Å². The molecule has 0 aliphatic heterocycles. The number of carbonyl (C=O) groups excluding carboxylic acids is 2. The van der Waals surface area contributed by atoms with Gasteiger partial charge in [-0.05, 0) is 60.6 Å². The Balaban J connectivity index is 2.15. The number of esters is 2. The highest BCUT2D eigenvalue weighted by Crippen LogP contribution is 2.43. The van der Waals surface area contributed by atoms with Gasteiger partial charge in [0.05, 0.1) is 11.1 Å². The average molecular weight is 445 g/mol. The molecule has 0 radical (unpaired) electrons. The van der Waals surface area contributed by atoms with Crippen molar-refractivity contribution in [2.24, 2.45) is 0 Å². The minimum atomic E-state index is -0.485. The number of unbranched alkanes of at least 4 members (excludes halogenated alkanes) is 1. The molecule has 0 spiro atoms. The Morgan fingerprint density at radius 1 is 0.788 bits per heavy atom. The fourth-order valence-electron chi connectivity index (χ4n) is 3.77. The summed E-state index contributed by atoms with van der Waals surface area (Å²) in [6.07, 6.45) is 2.63. The van der Waals surface area contributed by atoms with Crippen molar-refractivity contribution in [3.05, 3.63) is 94.5 Å². The van der Waals surface area contributed by atoms with E-state index in [1.165, 1.54) is 0 Å². The van der Waals surface area contributed by atoms with Crippen LogP contribution in [0.4, 0.5) is 0 Å². The van der Waals surface area contributed by atoms with Crippen molar-refractivity contribution >= 4 is 11.9 Å². The number of ether oxygens (including phenoxy) is 2. The third-order valence-electron chi connectivity index (χ3n) is 5.52. The lowest BCUT2D eigenvalue weighted by atomic mass is 9.81. The first kappa shape index (κ1) is 24.2. The molecule has 0 heterocycles. The molecular weight excluding hydrogens is 412 g/mol. The highest BCUT2D eigenvalue weighted by molar-refractivity contribution is 5.93. The first-order valence-corrected chi connectivity index (χ1v) is 11.4. The first-order valence-electron chi connectivity index (χ1n) is 11.4.